The summed E-state index contributed by atoms with van der Waals surface area (Å²) >= 11 is 0. The van der Waals surface area contributed by atoms with E-state index in [2.05, 4.69) is 36.2 Å². The van der Waals surface area contributed by atoms with Gasteiger partial charge in [-0.05, 0) is 54.8 Å². The molecule has 0 fully saturated rings. The summed E-state index contributed by atoms with van der Waals surface area (Å²) in [5.41, 5.74) is 2.41. The molecule has 0 unspecified atom stereocenters. The summed E-state index contributed by atoms with van der Waals surface area (Å²) in [5, 5.41) is 7.62. The lowest BCUT2D eigenvalue weighted by atomic mass is 10.1. The number of carbonyl (C=O) groups excluding carboxylic acids is 1. The lowest BCUT2D eigenvalue weighted by molar-refractivity contribution is -0.116. The number of hydrogen-bond donors (Lipinski definition) is 1. The second-order valence-electron chi connectivity index (χ2n) is 9.87. The Morgan fingerprint density at radius 2 is 1.73 bits per heavy atom. The first-order valence-electron chi connectivity index (χ1n) is 13.4. The van der Waals surface area contributed by atoms with Crippen LogP contribution in [0.4, 0.5) is 5.69 Å². The van der Waals surface area contributed by atoms with E-state index in [1.54, 1.807) is 4.68 Å². The Morgan fingerprint density at radius 3 is 2.49 bits per heavy atom. The van der Waals surface area contributed by atoms with Crippen LogP contribution < -0.4 is 19.5 Å². The fourth-order valence-corrected chi connectivity index (χ4v) is 4.15. The SMILES string of the molecule is CCCCCCCCCC(=O)Nc1ccc(-n2nc(OCC(C)C)nc2-c2ccc3c(c2)OCO3)cc1. The first-order valence-corrected chi connectivity index (χ1v) is 13.4. The van der Waals surface area contributed by atoms with Gasteiger partial charge in [0.25, 0.3) is 0 Å². The fourth-order valence-electron chi connectivity index (χ4n) is 4.15. The van der Waals surface area contributed by atoms with Gasteiger partial charge < -0.3 is 19.5 Å². The smallest absolute Gasteiger partial charge is 0.336 e. The highest BCUT2D eigenvalue weighted by Gasteiger charge is 2.19. The maximum absolute atomic E-state index is 12.4. The summed E-state index contributed by atoms with van der Waals surface area (Å²) in [6.07, 6.45) is 8.89. The molecule has 0 spiro atoms. The van der Waals surface area contributed by atoms with Gasteiger partial charge in [-0.25, -0.2) is 4.68 Å². The molecule has 0 radical (unpaired) electrons. The highest BCUT2D eigenvalue weighted by atomic mass is 16.7. The molecular weight excluding hydrogens is 468 g/mol. The lowest BCUT2D eigenvalue weighted by Gasteiger charge is -2.09. The molecule has 1 aliphatic rings. The van der Waals surface area contributed by atoms with E-state index in [0.29, 0.717) is 42.3 Å². The van der Waals surface area contributed by atoms with E-state index in [9.17, 15) is 4.79 Å². The number of rotatable bonds is 14. The van der Waals surface area contributed by atoms with Crippen LogP contribution in [-0.2, 0) is 4.79 Å². The van der Waals surface area contributed by atoms with Crippen LogP contribution in [0.3, 0.4) is 0 Å². The zero-order valence-electron chi connectivity index (χ0n) is 22.2. The standard InChI is InChI=1S/C29H38N4O4/c1-4-5-6-7-8-9-10-11-27(34)30-23-13-15-24(16-14-23)33-28(31-29(32-33)35-19-21(2)3)22-12-17-25-26(18-22)37-20-36-25/h12-18,21H,4-11,19-20H2,1-3H3,(H,30,34). The molecule has 2 heterocycles. The Labute approximate surface area is 219 Å². The number of amides is 1. The molecule has 3 aromatic rings. The van der Waals surface area contributed by atoms with Crippen molar-refractivity contribution in [1.82, 2.24) is 14.8 Å². The summed E-state index contributed by atoms with van der Waals surface area (Å²) in [7, 11) is 0. The molecule has 8 heteroatoms. The summed E-state index contributed by atoms with van der Waals surface area (Å²) < 4.78 is 18.6. The van der Waals surface area contributed by atoms with E-state index >= 15 is 0 Å². The molecule has 0 bridgehead atoms. The molecular formula is C29H38N4O4. The summed E-state index contributed by atoms with van der Waals surface area (Å²) in [6, 6.07) is 13.6. The number of fused-ring (bicyclic) bond motifs is 1. The third-order valence-electron chi connectivity index (χ3n) is 6.17. The zero-order valence-corrected chi connectivity index (χ0v) is 22.2. The summed E-state index contributed by atoms with van der Waals surface area (Å²) in [6.45, 7) is 7.11. The van der Waals surface area contributed by atoms with Gasteiger partial charge in [0.1, 0.15) is 0 Å². The molecule has 0 saturated carbocycles. The van der Waals surface area contributed by atoms with Gasteiger partial charge in [0, 0.05) is 17.7 Å². The van der Waals surface area contributed by atoms with Crippen LogP contribution in [0.25, 0.3) is 17.1 Å². The highest BCUT2D eigenvalue weighted by molar-refractivity contribution is 5.90. The van der Waals surface area contributed by atoms with Gasteiger partial charge >= 0.3 is 6.01 Å². The van der Waals surface area contributed by atoms with E-state index in [1.807, 2.05) is 42.5 Å². The van der Waals surface area contributed by atoms with Crippen molar-refractivity contribution in [3.63, 3.8) is 0 Å². The van der Waals surface area contributed by atoms with Gasteiger partial charge in [-0.15, -0.1) is 5.10 Å². The quantitative estimate of drug-likeness (QED) is 0.243. The minimum absolute atomic E-state index is 0.0486. The molecule has 4 rings (SSSR count). The largest absolute Gasteiger partial charge is 0.462 e. The van der Waals surface area contributed by atoms with Crippen molar-refractivity contribution in [2.45, 2.75) is 72.1 Å². The number of benzene rings is 2. The van der Waals surface area contributed by atoms with E-state index in [4.69, 9.17) is 14.2 Å². The van der Waals surface area contributed by atoms with Crippen molar-refractivity contribution in [3.05, 3.63) is 42.5 Å². The minimum Gasteiger partial charge on any atom is -0.462 e. The van der Waals surface area contributed by atoms with Crippen LogP contribution in [0.1, 0.15) is 72.1 Å². The van der Waals surface area contributed by atoms with Crippen molar-refractivity contribution in [2.24, 2.45) is 5.92 Å². The number of hydrogen-bond acceptors (Lipinski definition) is 6. The van der Waals surface area contributed by atoms with Crippen LogP contribution in [0.5, 0.6) is 17.5 Å². The number of nitrogens with one attached hydrogen (secondary N) is 1. The molecule has 8 nitrogen and oxygen atoms in total. The van der Waals surface area contributed by atoms with Crippen LogP contribution in [-0.4, -0.2) is 34.1 Å². The van der Waals surface area contributed by atoms with Crippen LogP contribution in [0.15, 0.2) is 42.5 Å². The van der Waals surface area contributed by atoms with E-state index in [-0.39, 0.29) is 12.7 Å². The number of ether oxygens (including phenoxy) is 3. The maximum atomic E-state index is 12.4. The molecule has 1 aromatic heterocycles. The van der Waals surface area contributed by atoms with Gasteiger partial charge in [-0.2, -0.15) is 4.98 Å². The first-order chi connectivity index (χ1) is 18.0. The van der Waals surface area contributed by atoms with Crippen molar-refractivity contribution in [2.75, 3.05) is 18.7 Å². The highest BCUT2D eigenvalue weighted by Crippen LogP contribution is 2.36. The lowest BCUT2D eigenvalue weighted by Crippen LogP contribution is -2.11. The maximum Gasteiger partial charge on any atom is 0.336 e. The number of carbonyl (C=O) groups is 1. The second kappa shape index (κ2) is 13.1. The molecule has 1 aliphatic heterocycles. The molecule has 198 valence electrons. The Hall–Kier alpha value is -3.55. The third-order valence-corrected chi connectivity index (χ3v) is 6.17. The van der Waals surface area contributed by atoms with Crippen molar-refractivity contribution >= 4 is 11.6 Å². The van der Waals surface area contributed by atoms with E-state index in [1.165, 1.54) is 32.1 Å². The Balaban J connectivity index is 1.42. The van der Waals surface area contributed by atoms with Gasteiger partial charge in [-0.1, -0.05) is 59.3 Å². The normalized spacial score (nSPS) is 12.2. The summed E-state index contributed by atoms with van der Waals surface area (Å²) in [4.78, 5) is 17.0. The van der Waals surface area contributed by atoms with Crippen LogP contribution in [0.2, 0.25) is 0 Å². The molecule has 1 amide bonds. The van der Waals surface area contributed by atoms with E-state index in [0.717, 1.165) is 29.8 Å². The second-order valence-corrected chi connectivity index (χ2v) is 9.87. The average molecular weight is 507 g/mol. The van der Waals surface area contributed by atoms with Crippen molar-refractivity contribution in [3.8, 4) is 34.6 Å². The van der Waals surface area contributed by atoms with E-state index < -0.39 is 0 Å². The van der Waals surface area contributed by atoms with Gasteiger partial charge in [0.15, 0.2) is 17.3 Å². The molecule has 0 aliphatic carbocycles. The van der Waals surface area contributed by atoms with Crippen LogP contribution >= 0.6 is 0 Å². The minimum atomic E-state index is 0.0486. The summed E-state index contributed by atoms with van der Waals surface area (Å²) in [5.74, 6) is 2.42. The molecule has 37 heavy (non-hydrogen) atoms. The molecule has 0 atom stereocenters. The predicted octanol–water partition coefficient (Wildman–Crippen LogP) is 6.78. The molecule has 1 N–H and O–H groups in total. The predicted molar refractivity (Wildman–Crippen MR) is 144 cm³/mol. The monoisotopic (exact) mass is 506 g/mol. The number of nitrogens with zero attached hydrogens (tertiary/aromatic N) is 3. The zero-order chi connectivity index (χ0) is 26.0. The Kier molecular flexibility index (Phi) is 9.40. The van der Waals surface area contributed by atoms with Crippen LogP contribution in [0, 0.1) is 5.92 Å². The average Bonchev–Trinajstić information content (AvgIpc) is 3.54. The third kappa shape index (κ3) is 7.47. The first kappa shape index (κ1) is 26.5. The van der Waals surface area contributed by atoms with Gasteiger partial charge in [0.2, 0.25) is 12.7 Å². The number of aromatic nitrogens is 3. The Bertz CT molecular complexity index is 1160. The fraction of sp³-hybridized carbons (Fsp3) is 0.483. The number of anilines is 1. The topological polar surface area (TPSA) is 87.5 Å². The van der Waals surface area contributed by atoms with Crippen molar-refractivity contribution in [1.29, 1.82) is 0 Å². The Morgan fingerprint density at radius 1 is 1.00 bits per heavy atom. The number of unbranched alkanes of at least 4 members (excludes halogenated alkanes) is 6. The van der Waals surface area contributed by atoms with Gasteiger partial charge in [-0.3, -0.25) is 4.79 Å². The molecule has 2 aromatic carbocycles. The van der Waals surface area contributed by atoms with Gasteiger partial charge in [0.05, 0.1) is 12.3 Å². The molecule has 0 saturated heterocycles. The van der Waals surface area contributed by atoms with Crippen molar-refractivity contribution < 1.29 is 19.0 Å².